The molecule has 6 nitrogen and oxygen atoms in total. The Bertz CT molecular complexity index is 479. The first-order valence-electron chi connectivity index (χ1n) is 5.91. The second kappa shape index (κ2) is 6.79. The van der Waals surface area contributed by atoms with Gasteiger partial charge in [-0.15, -0.1) is 0 Å². The van der Waals surface area contributed by atoms with Crippen molar-refractivity contribution >= 4 is 17.3 Å². The average molecular weight is 269 g/mol. The lowest BCUT2D eigenvalue weighted by atomic mass is 10.2. The number of non-ortho nitro benzene ring substituents is 1. The molecular formula is C12H16FN3O3. The molecule has 0 aromatic heterocycles. The van der Waals surface area contributed by atoms with Crippen molar-refractivity contribution in [2.45, 2.75) is 26.3 Å². The molecule has 1 unspecified atom stereocenters. The van der Waals surface area contributed by atoms with Gasteiger partial charge in [-0.3, -0.25) is 14.9 Å². The molecule has 2 N–H and O–H groups in total. The van der Waals surface area contributed by atoms with E-state index in [4.69, 9.17) is 0 Å². The zero-order chi connectivity index (χ0) is 14.4. The summed E-state index contributed by atoms with van der Waals surface area (Å²) < 4.78 is 13.4. The molecule has 0 aliphatic rings. The Kier molecular flexibility index (Phi) is 5.37. The number of nitro groups is 1. The number of anilines is 1. The van der Waals surface area contributed by atoms with Crippen LogP contribution in [-0.4, -0.2) is 23.4 Å². The number of nitro benzene ring substituents is 1. The van der Waals surface area contributed by atoms with Gasteiger partial charge in [0.05, 0.1) is 10.6 Å². The highest BCUT2D eigenvalue weighted by atomic mass is 19.1. The maximum absolute atomic E-state index is 13.4. The van der Waals surface area contributed by atoms with E-state index >= 15 is 0 Å². The molecule has 0 radical (unpaired) electrons. The van der Waals surface area contributed by atoms with E-state index in [1.165, 1.54) is 0 Å². The molecule has 0 saturated carbocycles. The highest BCUT2D eigenvalue weighted by Gasteiger charge is 2.14. The van der Waals surface area contributed by atoms with Crippen LogP contribution in [0.3, 0.4) is 0 Å². The van der Waals surface area contributed by atoms with Crippen LogP contribution >= 0.6 is 0 Å². The van der Waals surface area contributed by atoms with Gasteiger partial charge in [-0.1, -0.05) is 6.92 Å². The van der Waals surface area contributed by atoms with Crippen LogP contribution in [0.2, 0.25) is 0 Å². The van der Waals surface area contributed by atoms with Gasteiger partial charge in [0, 0.05) is 24.6 Å². The zero-order valence-electron chi connectivity index (χ0n) is 10.8. The molecule has 19 heavy (non-hydrogen) atoms. The summed E-state index contributed by atoms with van der Waals surface area (Å²) in [4.78, 5) is 21.6. The van der Waals surface area contributed by atoms with Crippen LogP contribution in [0.5, 0.6) is 0 Å². The minimum Gasteiger partial charge on any atom is -0.323 e. The van der Waals surface area contributed by atoms with Crippen LogP contribution in [-0.2, 0) is 4.79 Å². The molecular weight excluding hydrogens is 253 g/mol. The highest BCUT2D eigenvalue weighted by molar-refractivity contribution is 5.91. The fourth-order valence-electron chi connectivity index (χ4n) is 1.62. The number of carbonyl (C=O) groups excluding carboxylic acids is 1. The number of nitrogens with one attached hydrogen (secondary N) is 2. The lowest BCUT2D eigenvalue weighted by Crippen LogP contribution is -2.30. The van der Waals surface area contributed by atoms with E-state index in [1.54, 1.807) is 0 Å². The highest BCUT2D eigenvalue weighted by Crippen LogP contribution is 2.21. The van der Waals surface area contributed by atoms with Crippen molar-refractivity contribution < 1.29 is 14.1 Å². The van der Waals surface area contributed by atoms with Gasteiger partial charge >= 0.3 is 0 Å². The fourth-order valence-corrected chi connectivity index (χ4v) is 1.62. The molecule has 1 aromatic rings. The molecule has 1 amide bonds. The zero-order valence-corrected chi connectivity index (χ0v) is 10.8. The summed E-state index contributed by atoms with van der Waals surface area (Å²) in [6, 6.07) is 2.96. The summed E-state index contributed by atoms with van der Waals surface area (Å²) >= 11 is 0. The summed E-state index contributed by atoms with van der Waals surface area (Å²) in [5.74, 6) is -1.09. The summed E-state index contributed by atoms with van der Waals surface area (Å²) in [5.41, 5.74) is -0.445. The van der Waals surface area contributed by atoms with Crippen molar-refractivity contribution in [3.63, 3.8) is 0 Å². The first-order chi connectivity index (χ1) is 8.93. The second-order valence-electron chi connectivity index (χ2n) is 4.13. The number of nitrogens with zero attached hydrogens (tertiary/aromatic N) is 1. The molecule has 104 valence electrons. The third-order valence-electron chi connectivity index (χ3n) is 2.48. The number of hydrogen-bond donors (Lipinski definition) is 2. The molecule has 0 fully saturated rings. The Morgan fingerprint density at radius 2 is 2.21 bits per heavy atom. The van der Waals surface area contributed by atoms with Crippen LogP contribution in [0, 0.1) is 15.9 Å². The monoisotopic (exact) mass is 269 g/mol. The van der Waals surface area contributed by atoms with Gasteiger partial charge in [-0.05, 0) is 19.5 Å². The SMILES string of the molecule is CCNC(C)CC(=O)Nc1cc([N+](=O)[O-])ccc1F. The van der Waals surface area contributed by atoms with E-state index in [1.807, 2.05) is 13.8 Å². The molecule has 1 aromatic carbocycles. The Hall–Kier alpha value is -2.02. The largest absolute Gasteiger partial charge is 0.323 e. The molecule has 0 aliphatic carbocycles. The van der Waals surface area contributed by atoms with E-state index in [9.17, 15) is 19.3 Å². The van der Waals surface area contributed by atoms with Crippen LogP contribution in [0.15, 0.2) is 18.2 Å². The normalized spacial score (nSPS) is 11.9. The third-order valence-corrected chi connectivity index (χ3v) is 2.48. The minimum absolute atomic E-state index is 0.0493. The average Bonchev–Trinajstić information content (AvgIpc) is 2.31. The molecule has 1 rings (SSSR count). The smallest absolute Gasteiger partial charge is 0.271 e. The van der Waals surface area contributed by atoms with Crippen molar-refractivity contribution in [2.75, 3.05) is 11.9 Å². The number of hydrogen-bond acceptors (Lipinski definition) is 4. The van der Waals surface area contributed by atoms with Crippen molar-refractivity contribution in [2.24, 2.45) is 0 Å². The first kappa shape index (κ1) is 15.0. The Balaban J connectivity index is 2.73. The van der Waals surface area contributed by atoms with Gasteiger partial charge in [-0.25, -0.2) is 4.39 Å². The minimum atomic E-state index is -0.699. The van der Waals surface area contributed by atoms with Gasteiger partial charge in [0.15, 0.2) is 0 Å². The van der Waals surface area contributed by atoms with Gasteiger partial charge in [0.25, 0.3) is 5.69 Å². The molecule has 7 heteroatoms. The predicted molar refractivity (Wildman–Crippen MR) is 69.4 cm³/mol. The number of halogens is 1. The molecule has 0 aliphatic heterocycles. The molecule has 0 heterocycles. The van der Waals surface area contributed by atoms with Crippen molar-refractivity contribution in [1.82, 2.24) is 5.32 Å². The maximum atomic E-state index is 13.4. The van der Waals surface area contributed by atoms with E-state index in [2.05, 4.69) is 10.6 Å². The number of carbonyl (C=O) groups is 1. The van der Waals surface area contributed by atoms with E-state index in [-0.39, 0.29) is 23.8 Å². The Morgan fingerprint density at radius 3 is 2.79 bits per heavy atom. The molecule has 0 saturated heterocycles. The van der Waals surface area contributed by atoms with Crippen molar-refractivity contribution in [3.8, 4) is 0 Å². The number of rotatable bonds is 6. The summed E-state index contributed by atoms with van der Waals surface area (Å²) in [5, 5.41) is 16.0. The van der Waals surface area contributed by atoms with Crippen LogP contribution < -0.4 is 10.6 Å². The quantitative estimate of drug-likeness (QED) is 0.611. The third kappa shape index (κ3) is 4.63. The maximum Gasteiger partial charge on any atom is 0.271 e. The van der Waals surface area contributed by atoms with E-state index in [0.29, 0.717) is 0 Å². The van der Waals surface area contributed by atoms with Crippen LogP contribution in [0.4, 0.5) is 15.8 Å². The number of benzene rings is 1. The Labute approximate surface area is 110 Å². The van der Waals surface area contributed by atoms with Crippen molar-refractivity contribution in [1.29, 1.82) is 0 Å². The van der Waals surface area contributed by atoms with Crippen molar-refractivity contribution in [3.05, 3.63) is 34.1 Å². The lowest BCUT2D eigenvalue weighted by molar-refractivity contribution is -0.384. The first-order valence-corrected chi connectivity index (χ1v) is 5.91. The van der Waals surface area contributed by atoms with Crippen LogP contribution in [0.1, 0.15) is 20.3 Å². The van der Waals surface area contributed by atoms with Gasteiger partial charge < -0.3 is 10.6 Å². The Morgan fingerprint density at radius 1 is 1.53 bits per heavy atom. The van der Waals surface area contributed by atoms with Gasteiger partial charge in [-0.2, -0.15) is 0 Å². The van der Waals surface area contributed by atoms with Gasteiger partial charge in [0.1, 0.15) is 5.82 Å². The fraction of sp³-hybridized carbons (Fsp3) is 0.417. The van der Waals surface area contributed by atoms with E-state index < -0.39 is 16.6 Å². The lowest BCUT2D eigenvalue weighted by Gasteiger charge is -2.12. The van der Waals surface area contributed by atoms with Crippen LogP contribution in [0.25, 0.3) is 0 Å². The standard InChI is InChI=1S/C12H16FN3O3/c1-3-14-8(2)6-12(17)15-11-7-9(16(18)19)4-5-10(11)13/h4-5,7-8,14H,3,6H2,1-2H3,(H,15,17). The van der Waals surface area contributed by atoms with E-state index in [0.717, 1.165) is 24.7 Å². The summed E-state index contributed by atoms with van der Waals surface area (Å²) in [6.07, 6.45) is 0.163. The summed E-state index contributed by atoms with van der Waals surface area (Å²) in [7, 11) is 0. The molecule has 0 bridgehead atoms. The topological polar surface area (TPSA) is 84.3 Å². The summed E-state index contributed by atoms with van der Waals surface area (Å²) in [6.45, 7) is 4.46. The van der Waals surface area contributed by atoms with Gasteiger partial charge in [0.2, 0.25) is 5.91 Å². The predicted octanol–water partition coefficient (Wildman–Crippen LogP) is 2.06. The molecule has 0 spiro atoms. The molecule has 1 atom stereocenters. The second-order valence-corrected chi connectivity index (χ2v) is 4.13. The number of amides is 1.